The molecule has 2 aromatic carbocycles. The Morgan fingerprint density at radius 2 is 1.87 bits per heavy atom. The Balaban J connectivity index is 2.07. The molecule has 3 aromatic rings. The molecule has 0 aliphatic rings. The number of hydrogen-bond donors (Lipinski definition) is 1. The van der Waals surface area contributed by atoms with Crippen molar-refractivity contribution >= 4 is 23.0 Å². The number of aryl methyl sites for hydroxylation is 1. The molecular weight excluding hydrogens is 310 g/mol. The Morgan fingerprint density at radius 3 is 2.57 bits per heavy atom. The van der Waals surface area contributed by atoms with Crippen LogP contribution in [-0.2, 0) is 6.54 Å². The quantitative estimate of drug-likeness (QED) is 0.776. The van der Waals surface area contributed by atoms with Gasteiger partial charge in [-0.25, -0.2) is 4.68 Å². The van der Waals surface area contributed by atoms with Crippen LogP contribution in [0.5, 0.6) is 0 Å². The fourth-order valence-electron chi connectivity index (χ4n) is 2.32. The highest BCUT2D eigenvalue weighted by Crippen LogP contribution is 2.22. The minimum absolute atomic E-state index is 0.160. The van der Waals surface area contributed by atoms with Crippen molar-refractivity contribution in [3.05, 3.63) is 76.0 Å². The molecule has 3 rings (SSSR count). The number of nitrogens with one attached hydrogen (secondary N) is 1. The number of rotatable bonds is 4. The van der Waals surface area contributed by atoms with Crippen molar-refractivity contribution < 1.29 is 0 Å². The van der Waals surface area contributed by atoms with Crippen LogP contribution < -0.4 is 10.9 Å². The number of aromatic nitrogens is 2. The summed E-state index contributed by atoms with van der Waals surface area (Å²) in [5, 5.41) is 8.17. The summed E-state index contributed by atoms with van der Waals surface area (Å²) in [6, 6.07) is 18.8. The molecule has 0 atom stereocenters. The Kier molecular flexibility index (Phi) is 4.44. The maximum Gasteiger partial charge on any atom is 0.290 e. The van der Waals surface area contributed by atoms with E-state index in [0.717, 1.165) is 16.9 Å². The molecule has 1 heterocycles. The summed E-state index contributed by atoms with van der Waals surface area (Å²) in [6.45, 7) is 2.40. The van der Waals surface area contributed by atoms with Crippen molar-refractivity contribution in [2.75, 3.05) is 5.32 Å². The first-order valence-corrected chi connectivity index (χ1v) is 7.75. The predicted octanol–water partition coefficient (Wildman–Crippen LogP) is 4.33. The minimum atomic E-state index is -0.160. The fourth-order valence-corrected chi connectivity index (χ4v) is 2.51. The van der Waals surface area contributed by atoms with Crippen molar-refractivity contribution in [1.29, 1.82) is 0 Å². The van der Waals surface area contributed by atoms with Gasteiger partial charge in [-0.2, -0.15) is 5.10 Å². The van der Waals surface area contributed by atoms with Crippen LogP contribution in [0.3, 0.4) is 0 Å². The van der Waals surface area contributed by atoms with Gasteiger partial charge in [0.1, 0.15) is 5.69 Å². The summed E-state index contributed by atoms with van der Waals surface area (Å²) >= 11 is 6.00. The van der Waals surface area contributed by atoms with Gasteiger partial charge in [-0.15, -0.1) is 0 Å². The topological polar surface area (TPSA) is 46.9 Å². The third-order valence-corrected chi connectivity index (χ3v) is 3.68. The van der Waals surface area contributed by atoms with Crippen LogP contribution in [0.15, 0.2) is 65.5 Å². The molecule has 0 amide bonds. The van der Waals surface area contributed by atoms with E-state index in [1.54, 1.807) is 18.2 Å². The fraction of sp³-hybridized carbons (Fsp3) is 0.111. The van der Waals surface area contributed by atoms with Crippen molar-refractivity contribution in [3.8, 4) is 11.3 Å². The molecule has 0 radical (unpaired) electrons. The van der Waals surface area contributed by atoms with Gasteiger partial charge >= 0.3 is 0 Å². The maximum atomic E-state index is 12.5. The zero-order valence-electron chi connectivity index (χ0n) is 12.7. The van der Waals surface area contributed by atoms with Gasteiger partial charge in [0.25, 0.3) is 5.56 Å². The molecule has 0 aliphatic carbocycles. The number of hydrogen-bond acceptors (Lipinski definition) is 3. The summed E-state index contributed by atoms with van der Waals surface area (Å²) in [7, 11) is 0. The van der Waals surface area contributed by atoms with Crippen LogP contribution in [0, 0.1) is 0 Å². The molecule has 23 heavy (non-hydrogen) atoms. The first-order chi connectivity index (χ1) is 11.2. The van der Waals surface area contributed by atoms with E-state index in [1.165, 1.54) is 4.68 Å². The van der Waals surface area contributed by atoms with E-state index >= 15 is 0 Å². The smallest absolute Gasteiger partial charge is 0.290 e. The van der Waals surface area contributed by atoms with E-state index in [9.17, 15) is 4.79 Å². The van der Waals surface area contributed by atoms with Gasteiger partial charge in [0.15, 0.2) is 0 Å². The molecule has 0 spiro atoms. The highest BCUT2D eigenvalue weighted by Gasteiger charge is 2.09. The maximum absolute atomic E-state index is 12.5. The highest BCUT2D eigenvalue weighted by atomic mass is 35.5. The standard InChI is InChI=1S/C18H16ClN3O/c1-2-22-18(23)17(20-15-10-6-9-14(19)11-15)12-16(21-22)13-7-4-3-5-8-13/h3-12,20H,2H2,1H3. The lowest BCUT2D eigenvalue weighted by Crippen LogP contribution is -2.24. The van der Waals surface area contributed by atoms with E-state index in [4.69, 9.17) is 11.6 Å². The second-order valence-electron chi connectivity index (χ2n) is 5.07. The van der Waals surface area contributed by atoms with Crippen LogP contribution in [0.1, 0.15) is 6.92 Å². The normalized spacial score (nSPS) is 10.5. The molecule has 0 saturated heterocycles. The molecule has 1 aromatic heterocycles. The van der Waals surface area contributed by atoms with E-state index in [0.29, 0.717) is 17.3 Å². The van der Waals surface area contributed by atoms with Crippen molar-refractivity contribution in [1.82, 2.24) is 9.78 Å². The van der Waals surface area contributed by atoms with Crippen molar-refractivity contribution in [2.24, 2.45) is 0 Å². The molecule has 0 bridgehead atoms. The number of benzene rings is 2. The SMILES string of the molecule is CCn1nc(-c2ccccc2)cc(Nc2cccc(Cl)c2)c1=O. The van der Waals surface area contributed by atoms with Gasteiger partial charge in [0.2, 0.25) is 0 Å². The van der Waals surface area contributed by atoms with Crippen LogP contribution in [0.2, 0.25) is 5.02 Å². The van der Waals surface area contributed by atoms with Crippen LogP contribution in [-0.4, -0.2) is 9.78 Å². The average molecular weight is 326 g/mol. The minimum Gasteiger partial charge on any atom is -0.351 e. The molecule has 1 N–H and O–H groups in total. The summed E-state index contributed by atoms with van der Waals surface area (Å²) < 4.78 is 1.45. The second-order valence-corrected chi connectivity index (χ2v) is 5.50. The lowest BCUT2D eigenvalue weighted by atomic mass is 10.1. The second kappa shape index (κ2) is 6.67. The van der Waals surface area contributed by atoms with Gasteiger partial charge in [-0.05, 0) is 31.2 Å². The molecule has 0 fully saturated rings. The van der Waals surface area contributed by atoms with Crippen molar-refractivity contribution in [3.63, 3.8) is 0 Å². The van der Waals surface area contributed by atoms with Gasteiger partial charge < -0.3 is 5.32 Å². The molecular formula is C18H16ClN3O. The Hall–Kier alpha value is -2.59. The summed E-state index contributed by atoms with van der Waals surface area (Å²) in [4.78, 5) is 12.5. The van der Waals surface area contributed by atoms with E-state index < -0.39 is 0 Å². The lowest BCUT2D eigenvalue weighted by molar-refractivity contribution is 0.621. The molecule has 0 unspecified atom stereocenters. The number of halogens is 1. The first-order valence-electron chi connectivity index (χ1n) is 7.37. The van der Waals surface area contributed by atoms with E-state index in [-0.39, 0.29) is 5.56 Å². The number of anilines is 2. The van der Waals surface area contributed by atoms with Crippen LogP contribution in [0.4, 0.5) is 11.4 Å². The van der Waals surface area contributed by atoms with Crippen molar-refractivity contribution in [2.45, 2.75) is 13.5 Å². The monoisotopic (exact) mass is 325 g/mol. The molecule has 4 nitrogen and oxygen atoms in total. The first kappa shape index (κ1) is 15.3. The Morgan fingerprint density at radius 1 is 1.09 bits per heavy atom. The van der Waals surface area contributed by atoms with Gasteiger partial charge in [-0.3, -0.25) is 4.79 Å². The number of nitrogens with zero attached hydrogens (tertiary/aromatic N) is 2. The summed E-state index contributed by atoms with van der Waals surface area (Å²) in [5.74, 6) is 0. The zero-order valence-corrected chi connectivity index (χ0v) is 13.4. The van der Waals surface area contributed by atoms with E-state index in [1.807, 2.05) is 49.4 Å². The predicted molar refractivity (Wildman–Crippen MR) is 94.3 cm³/mol. The van der Waals surface area contributed by atoms with E-state index in [2.05, 4.69) is 10.4 Å². The third kappa shape index (κ3) is 3.43. The zero-order chi connectivity index (χ0) is 16.2. The van der Waals surface area contributed by atoms with Crippen LogP contribution in [0.25, 0.3) is 11.3 Å². The largest absolute Gasteiger partial charge is 0.351 e. The Bertz CT molecular complexity index is 875. The third-order valence-electron chi connectivity index (χ3n) is 3.45. The van der Waals surface area contributed by atoms with Crippen LogP contribution >= 0.6 is 11.6 Å². The molecule has 5 heteroatoms. The summed E-state index contributed by atoms with van der Waals surface area (Å²) in [6.07, 6.45) is 0. The molecule has 116 valence electrons. The summed E-state index contributed by atoms with van der Waals surface area (Å²) in [5.41, 5.74) is 2.79. The van der Waals surface area contributed by atoms with Gasteiger partial charge in [0.05, 0.1) is 5.69 Å². The lowest BCUT2D eigenvalue weighted by Gasteiger charge is -2.11. The van der Waals surface area contributed by atoms with Gasteiger partial charge in [0, 0.05) is 22.8 Å². The highest BCUT2D eigenvalue weighted by molar-refractivity contribution is 6.30. The molecule has 0 aliphatic heterocycles. The molecule has 0 saturated carbocycles. The van der Waals surface area contributed by atoms with Gasteiger partial charge in [-0.1, -0.05) is 48.0 Å². The average Bonchev–Trinajstić information content (AvgIpc) is 2.57. The Labute approximate surface area is 139 Å².